The molecule has 2 aromatic carbocycles. The minimum Gasteiger partial charge on any atom is -0.329 e. The molecular weight excluding hydrogens is 322 g/mol. The summed E-state index contributed by atoms with van der Waals surface area (Å²) >= 11 is 0. The second-order valence-electron chi connectivity index (χ2n) is 7.00. The highest BCUT2D eigenvalue weighted by Crippen LogP contribution is 2.16. The zero-order chi connectivity index (χ0) is 18.4. The first-order valence-electron chi connectivity index (χ1n) is 9.30. The van der Waals surface area contributed by atoms with E-state index in [-0.39, 0.29) is 6.03 Å². The summed E-state index contributed by atoms with van der Waals surface area (Å²) in [5.41, 5.74) is 4.40. The summed E-state index contributed by atoms with van der Waals surface area (Å²) in [5.74, 6) is 0. The Morgan fingerprint density at radius 1 is 1.12 bits per heavy atom. The Balaban J connectivity index is 1.46. The number of nitrogens with zero attached hydrogens (tertiary/aromatic N) is 1. The molecule has 1 aliphatic heterocycles. The maximum atomic E-state index is 12.5. The average Bonchev–Trinajstić information content (AvgIpc) is 2.66. The summed E-state index contributed by atoms with van der Waals surface area (Å²) in [7, 11) is 0. The van der Waals surface area contributed by atoms with Crippen molar-refractivity contribution in [2.45, 2.75) is 13.8 Å². The number of carbonyl (C=O) groups excluding carboxylic acids is 1. The van der Waals surface area contributed by atoms with Crippen LogP contribution in [0.4, 0.5) is 10.5 Å². The van der Waals surface area contributed by atoms with Gasteiger partial charge in [0.2, 0.25) is 0 Å². The van der Waals surface area contributed by atoms with E-state index in [0.29, 0.717) is 0 Å². The van der Waals surface area contributed by atoms with Crippen LogP contribution in [0.25, 0.3) is 6.08 Å². The fourth-order valence-corrected chi connectivity index (χ4v) is 3.22. The quantitative estimate of drug-likeness (QED) is 0.874. The van der Waals surface area contributed by atoms with Gasteiger partial charge in [-0.25, -0.2) is 4.79 Å². The molecule has 0 bridgehead atoms. The van der Waals surface area contributed by atoms with Crippen LogP contribution < -0.4 is 10.2 Å². The van der Waals surface area contributed by atoms with Gasteiger partial charge in [-0.1, -0.05) is 48.5 Å². The molecule has 2 amide bonds. The monoisotopic (exact) mass is 350 g/mol. The van der Waals surface area contributed by atoms with E-state index in [0.717, 1.165) is 49.5 Å². The molecule has 0 aliphatic carbocycles. The van der Waals surface area contributed by atoms with Gasteiger partial charge in [0.25, 0.3) is 0 Å². The first-order valence-corrected chi connectivity index (χ1v) is 9.30. The second kappa shape index (κ2) is 8.68. The molecule has 2 N–H and O–H groups in total. The number of quaternary nitrogens is 1. The maximum absolute atomic E-state index is 12.5. The molecule has 3 rings (SSSR count). The second-order valence-corrected chi connectivity index (χ2v) is 7.00. The van der Waals surface area contributed by atoms with Crippen LogP contribution in [0.15, 0.2) is 54.6 Å². The lowest BCUT2D eigenvalue weighted by Gasteiger charge is -2.31. The van der Waals surface area contributed by atoms with Crippen LogP contribution in [0.2, 0.25) is 0 Å². The molecule has 0 atom stereocenters. The third-order valence-electron chi connectivity index (χ3n) is 4.91. The summed E-state index contributed by atoms with van der Waals surface area (Å²) in [5, 5.41) is 3.06. The zero-order valence-electron chi connectivity index (χ0n) is 15.7. The highest BCUT2D eigenvalue weighted by Gasteiger charge is 2.23. The summed E-state index contributed by atoms with van der Waals surface area (Å²) < 4.78 is 0. The van der Waals surface area contributed by atoms with Crippen molar-refractivity contribution >= 4 is 17.8 Å². The normalized spacial score (nSPS) is 15.4. The van der Waals surface area contributed by atoms with Crippen LogP contribution in [0.3, 0.4) is 0 Å². The van der Waals surface area contributed by atoms with Crippen molar-refractivity contribution in [3.05, 3.63) is 71.3 Å². The van der Waals surface area contributed by atoms with Crippen molar-refractivity contribution in [1.29, 1.82) is 0 Å². The molecule has 0 radical (unpaired) electrons. The number of aryl methyl sites for hydroxylation is 2. The first-order chi connectivity index (χ1) is 12.6. The highest BCUT2D eigenvalue weighted by molar-refractivity contribution is 5.90. The Morgan fingerprint density at radius 3 is 2.58 bits per heavy atom. The van der Waals surface area contributed by atoms with Gasteiger partial charge >= 0.3 is 6.03 Å². The van der Waals surface area contributed by atoms with Crippen molar-refractivity contribution in [3.8, 4) is 0 Å². The van der Waals surface area contributed by atoms with Crippen LogP contribution in [0, 0.1) is 13.8 Å². The number of piperazine rings is 1. The standard InChI is InChI=1S/C22H27N3O/c1-18-10-11-19(2)21(17-18)23-22(26)25-15-13-24(14-16-25)12-6-9-20-7-4-3-5-8-20/h3-11,17H,12-16H2,1-2H3,(H,23,26)/p+1/b9-6+. The number of hydrogen-bond donors (Lipinski definition) is 2. The number of benzene rings is 2. The molecule has 1 aliphatic rings. The van der Waals surface area contributed by atoms with Crippen LogP contribution in [0.5, 0.6) is 0 Å². The molecule has 4 heteroatoms. The van der Waals surface area contributed by atoms with E-state index in [9.17, 15) is 4.79 Å². The summed E-state index contributed by atoms with van der Waals surface area (Å²) in [6.07, 6.45) is 4.41. The van der Waals surface area contributed by atoms with Crippen LogP contribution in [0.1, 0.15) is 16.7 Å². The van der Waals surface area contributed by atoms with Gasteiger partial charge in [-0.3, -0.25) is 0 Å². The molecule has 1 saturated heterocycles. The molecule has 1 heterocycles. The molecule has 4 nitrogen and oxygen atoms in total. The highest BCUT2D eigenvalue weighted by atomic mass is 16.2. The van der Waals surface area contributed by atoms with E-state index in [4.69, 9.17) is 0 Å². The van der Waals surface area contributed by atoms with Crippen molar-refractivity contribution < 1.29 is 9.69 Å². The lowest BCUT2D eigenvalue weighted by Crippen LogP contribution is -3.14. The summed E-state index contributed by atoms with van der Waals surface area (Å²) in [4.78, 5) is 16.0. The van der Waals surface area contributed by atoms with Crippen molar-refractivity contribution in [1.82, 2.24) is 4.90 Å². The van der Waals surface area contributed by atoms with Gasteiger partial charge in [-0.05, 0) is 42.7 Å². The summed E-state index contributed by atoms with van der Waals surface area (Å²) in [6.45, 7) is 8.63. The van der Waals surface area contributed by atoms with E-state index in [2.05, 4.69) is 47.8 Å². The molecule has 136 valence electrons. The fourth-order valence-electron chi connectivity index (χ4n) is 3.22. The van der Waals surface area contributed by atoms with Crippen molar-refractivity contribution in [2.24, 2.45) is 0 Å². The number of rotatable bonds is 4. The predicted octanol–water partition coefficient (Wildman–Crippen LogP) is 2.75. The smallest absolute Gasteiger partial charge is 0.322 e. The predicted molar refractivity (Wildman–Crippen MR) is 108 cm³/mol. The van der Waals surface area contributed by atoms with Crippen LogP contribution >= 0.6 is 0 Å². The number of anilines is 1. The van der Waals surface area contributed by atoms with Crippen molar-refractivity contribution in [3.63, 3.8) is 0 Å². The minimum absolute atomic E-state index is 0.0116. The topological polar surface area (TPSA) is 36.8 Å². The van der Waals surface area contributed by atoms with Crippen molar-refractivity contribution in [2.75, 3.05) is 38.0 Å². The van der Waals surface area contributed by atoms with Gasteiger partial charge in [0.15, 0.2) is 0 Å². The average molecular weight is 350 g/mol. The van der Waals surface area contributed by atoms with E-state index >= 15 is 0 Å². The lowest BCUT2D eigenvalue weighted by molar-refractivity contribution is -0.898. The molecule has 0 unspecified atom stereocenters. The molecule has 0 spiro atoms. The number of urea groups is 1. The van der Waals surface area contributed by atoms with Gasteiger partial charge in [-0.15, -0.1) is 0 Å². The van der Waals surface area contributed by atoms with Crippen LogP contribution in [-0.4, -0.2) is 43.7 Å². The lowest BCUT2D eigenvalue weighted by atomic mass is 10.1. The maximum Gasteiger partial charge on any atom is 0.322 e. The van der Waals surface area contributed by atoms with Crippen LogP contribution in [-0.2, 0) is 0 Å². The van der Waals surface area contributed by atoms with Gasteiger partial charge in [0.05, 0.1) is 32.7 Å². The zero-order valence-corrected chi connectivity index (χ0v) is 15.7. The molecule has 0 saturated carbocycles. The SMILES string of the molecule is Cc1ccc(C)c(NC(=O)N2CC[NH+](C/C=C/c3ccccc3)CC2)c1. The summed E-state index contributed by atoms with van der Waals surface area (Å²) in [6, 6.07) is 16.5. The molecule has 0 aromatic heterocycles. The Morgan fingerprint density at radius 2 is 1.85 bits per heavy atom. The van der Waals surface area contributed by atoms with E-state index in [1.54, 1.807) is 0 Å². The Kier molecular flexibility index (Phi) is 6.08. The molecular formula is C22H28N3O+. The third-order valence-corrected chi connectivity index (χ3v) is 4.91. The van der Waals surface area contributed by atoms with E-state index in [1.165, 1.54) is 10.5 Å². The van der Waals surface area contributed by atoms with Gasteiger partial charge < -0.3 is 15.1 Å². The largest absolute Gasteiger partial charge is 0.329 e. The fraction of sp³-hybridized carbons (Fsp3) is 0.318. The third kappa shape index (κ3) is 4.96. The van der Waals surface area contributed by atoms with E-state index in [1.807, 2.05) is 36.9 Å². The first kappa shape index (κ1) is 18.2. The number of carbonyl (C=O) groups is 1. The molecule has 2 aromatic rings. The van der Waals surface area contributed by atoms with Gasteiger partial charge in [0, 0.05) is 5.69 Å². The number of nitrogens with one attached hydrogen (secondary N) is 2. The minimum atomic E-state index is 0.0116. The van der Waals surface area contributed by atoms with E-state index < -0.39 is 0 Å². The van der Waals surface area contributed by atoms with Gasteiger partial charge in [0.1, 0.15) is 0 Å². The number of amides is 2. The molecule has 1 fully saturated rings. The van der Waals surface area contributed by atoms with Gasteiger partial charge in [-0.2, -0.15) is 0 Å². The molecule has 26 heavy (non-hydrogen) atoms. The Bertz CT molecular complexity index is 762. The Hall–Kier alpha value is -2.59. The number of hydrogen-bond acceptors (Lipinski definition) is 1. The Labute approximate surface area is 156 Å².